The van der Waals surface area contributed by atoms with Gasteiger partial charge >= 0.3 is 11.9 Å². The Labute approximate surface area is 183 Å². The molecule has 0 bridgehead atoms. The zero-order valence-electron chi connectivity index (χ0n) is 19.2. The van der Waals surface area contributed by atoms with Crippen LogP contribution < -0.4 is 5.73 Å². The van der Waals surface area contributed by atoms with E-state index >= 15 is 0 Å². The highest BCUT2D eigenvalue weighted by atomic mass is 28.4. The molecule has 1 aromatic heterocycles. The highest BCUT2D eigenvalue weighted by molar-refractivity contribution is 6.74. The van der Waals surface area contributed by atoms with E-state index in [1.807, 2.05) is 13.1 Å². The number of carbonyl (C=O) groups is 2. The van der Waals surface area contributed by atoms with E-state index in [4.69, 9.17) is 24.4 Å². The fourth-order valence-corrected chi connectivity index (χ4v) is 4.10. The van der Waals surface area contributed by atoms with Crippen LogP contribution in [0.5, 0.6) is 0 Å². The molecule has 2 rings (SSSR count). The second-order valence-corrected chi connectivity index (χ2v) is 13.9. The zero-order valence-corrected chi connectivity index (χ0v) is 20.2. The lowest BCUT2D eigenvalue weighted by Crippen LogP contribution is -2.41. The minimum Gasteiger partial charge on any atom is -0.463 e. The van der Waals surface area contributed by atoms with Crippen LogP contribution in [0.4, 0.5) is 5.82 Å². The molecule has 2 unspecified atom stereocenters. The highest BCUT2D eigenvalue weighted by Gasteiger charge is 2.42. The lowest BCUT2D eigenvalue weighted by atomic mass is 10.2. The summed E-state index contributed by atoms with van der Waals surface area (Å²) in [7, 11) is -2.24. The number of ether oxygens (including phenoxy) is 3. The summed E-state index contributed by atoms with van der Waals surface area (Å²) in [6, 6.07) is 2.16. The molecule has 0 amide bonds. The van der Waals surface area contributed by atoms with E-state index in [1.54, 1.807) is 4.57 Å². The Balaban J connectivity index is 2.24. The van der Waals surface area contributed by atoms with E-state index in [-0.39, 0.29) is 17.5 Å². The Kier molecular flexibility index (Phi) is 7.51. The maximum Gasteiger partial charge on any atom is 0.303 e. The standard InChI is InChI=1S/C20H32N4O6Si/c1-12(25)27-10-16-14(28-13(2)26)8-17(29-16)24-11-23-18(19(24)22)15(9-21)30-31(6,7)20(3,4)5/h11,14-17H,8,10,22H2,1-7H3/t14?,15-,16-,17?/m1/s1. The normalized spacial score (nSPS) is 22.6. The van der Waals surface area contributed by atoms with Gasteiger partial charge in [0, 0.05) is 20.3 Å². The van der Waals surface area contributed by atoms with Crippen molar-refractivity contribution in [2.24, 2.45) is 0 Å². The van der Waals surface area contributed by atoms with E-state index in [0.29, 0.717) is 12.1 Å². The second kappa shape index (κ2) is 9.38. The van der Waals surface area contributed by atoms with Gasteiger partial charge in [-0.05, 0) is 18.1 Å². The van der Waals surface area contributed by atoms with Gasteiger partial charge < -0.3 is 24.4 Å². The van der Waals surface area contributed by atoms with Crippen molar-refractivity contribution in [2.75, 3.05) is 12.3 Å². The number of aromatic nitrogens is 2. The average Bonchev–Trinajstić information content (AvgIpc) is 3.19. The summed E-state index contributed by atoms with van der Waals surface area (Å²) in [5.41, 5.74) is 6.64. The summed E-state index contributed by atoms with van der Waals surface area (Å²) < 4.78 is 24.1. The van der Waals surface area contributed by atoms with Crippen LogP contribution in [-0.4, -0.2) is 48.6 Å². The van der Waals surface area contributed by atoms with E-state index in [2.05, 4.69) is 31.8 Å². The van der Waals surface area contributed by atoms with Gasteiger partial charge in [-0.3, -0.25) is 14.2 Å². The maximum absolute atomic E-state index is 11.5. The van der Waals surface area contributed by atoms with Gasteiger partial charge in [-0.25, -0.2) is 4.98 Å². The van der Waals surface area contributed by atoms with Crippen LogP contribution in [0.3, 0.4) is 0 Å². The monoisotopic (exact) mass is 452 g/mol. The Morgan fingerprint density at radius 3 is 2.55 bits per heavy atom. The van der Waals surface area contributed by atoms with Crippen molar-refractivity contribution in [3.05, 3.63) is 12.0 Å². The molecule has 31 heavy (non-hydrogen) atoms. The average molecular weight is 453 g/mol. The Hall–Kier alpha value is -2.42. The van der Waals surface area contributed by atoms with Crippen LogP contribution in [0.1, 0.15) is 59.1 Å². The summed E-state index contributed by atoms with van der Waals surface area (Å²) >= 11 is 0. The number of anilines is 1. The van der Waals surface area contributed by atoms with Crippen molar-refractivity contribution in [1.82, 2.24) is 9.55 Å². The van der Waals surface area contributed by atoms with Crippen molar-refractivity contribution < 1.29 is 28.2 Å². The molecule has 2 heterocycles. The van der Waals surface area contributed by atoms with Crippen molar-refractivity contribution in [1.29, 1.82) is 5.26 Å². The topological polar surface area (TPSA) is 139 Å². The van der Waals surface area contributed by atoms with Gasteiger partial charge in [-0.1, -0.05) is 20.8 Å². The predicted octanol–water partition coefficient (Wildman–Crippen LogP) is 2.83. The first-order valence-corrected chi connectivity index (χ1v) is 13.0. The molecular formula is C20H32N4O6Si. The number of hydrogen-bond donors (Lipinski definition) is 1. The predicted molar refractivity (Wildman–Crippen MR) is 114 cm³/mol. The molecule has 1 aromatic rings. The fraction of sp³-hybridized carbons (Fsp3) is 0.700. The highest BCUT2D eigenvalue weighted by Crippen LogP contribution is 2.41. The lowest BCUT2D eigenvalue weighted by Gasteiger charge is -2.37. The van der Waals surface area contributed by atoms with Gasteiger partial charge in [-0.15, -0.1) is 0 Å². The van der Waals surface area contributed by atoms with E-state index in [1.165, 1.54) is 20.2 Å². The number of nitrogen functional groups attached to an aromatic ring is 1. The van der Waals surface area contributed by atoms with Crippen LogP contribution in [0.25, 0.3) is 0 Å². The Morgan fingerprint density at radius 1 is 1.39 bits per heavy atom. The smallest absolute Gasteiger partial charge is 0.303 e. The summed E-state index contributed by atoms with van der Waals surface area (Å²) in [5, 5.41) is 9.63. The quantitative estimate of drug-likeness (QED) is 0.488. The van der Waals surface area contributed by atoms with Crippen molar-refractivity contribution in [3.63, 3.8) is 0 Å². The molecule has 2 N–H and O–H groups in total. The summed E-state index contributed by atoms with van der Waals surface area (Å²) in [5.74, 6) is -0.684. The zero-order chi connectivity index (χ0) is 23.6. The summed E-state index contributed by atoms with van der Waals surface area (Å²) in [4.78, 5) is 27.0. The number of imidazole rings is 1. The summed E-state index contributed by atoms with van der Waals surface area (Å²) in [6.45, 7) is 12.9. The van der Waals surface area contributed by atoms with E-state index < -0.39 is 44.8 Å². The first-order valence-electron chi connectivity index (χ1n) is 10.1. The number of esters is 2. The minimum absolute atomic E-state index is 0.0550. The fourth-order valence-electron chi connectivity index (χ4n) is 2.99. The molecule has 1 saturated heterocycles. The SMILES string of the molecule is CC(=O)OC[C@H]1OC(n2cnc([C@@H](C#N)O[Si](C)(C)C(C)(C)C)c2N)CC1OC(C)=O. The molecule has 0 radical (unpaired) electrons. The van der Waals surface area contributed by atoms with E-state index in [9.17, 15) is 14.9 Å². The number of rotatable bonds is 7. The molecule has 4 atom stereocenters. The first-order chi connectivity index (χ1) is 14.3. The van der Waals surface area contributed by atoms with Gasteiger partial charge in [0.15, 0.2) is 14.4 Å². The van der Waals surface area contributed by atoms with Crippen molar-refractivity contribution in [3.8, 4) is 6.07 Å². The molecular weight excluding hydrogens is 420 g/mol. The van der Waals surface area contributed by atoms with Crippen LogP contribution >= 0.6 is 0 Å². The first kappa shape index (κ1) is 24.8. The summed E-state index contributed by atoms with van der Waals surface area (Å²) in [6.07, 6.45) is -0.983. The molecule has 11 heteroatoms. The minimum atomic E-state index is -2.24. The Bertz CT molecular complexity index is 857. The number of hydrogen-bond acceptors (Lipinski definition) is 9. The molecule has 0 aromatic carbocycles. The number of nitrogens with zero attached hydrogens (tertiary/aromatic N) is 3. The van der Waals surface area contributed by atoms with Gasteiger partial charge in [0.1, 0.15) is 42.6 Å². The largest absolute Gasteiger partial charge is 0.463 e. The van der Waals surface area contributed by atoms with Crippen molar-refractivity contribution in [2.45, 2.75) is 83.7 Å². The van der Waals surface area contributed by atoms with Gasteiger partial charge in [0.25, 0.3) is 0 Å². The maximum atomic E-state index is 11.5. The third kappa shape index (κ3) is 5.84. The molecule has 172 valence electrons. The van der Waals surface area contributed by atoms with Gasteiger partial charge in [0.05, 0.1) is 6.33 Å². The van der Waals surface area contributed by atoms with E-state index in [0.717, 1.165) is 0 Å². The van der Waals surface area contributed by atoms with Gasteiger partial charge in [0.2, 0.25) is 0 Å². The molecule has 0 aliphatic carbocycles. The number of nitrogens with two attached hydrogens (primary N) is 1. The number of carbonyl (C=O) groups excluding carboxylic acids is 2. The number of nitriles is 1. The van der Waals surface area contributed by atoms with Crippen LogP contribution in [0.15, 0.2) is 6.33 Å². The Morgan fingerprint density at radius 2 is 2.03 bits per heavy atom. The van der Waals surface area contributed by atoms with Crippen molar-refractivity contribution >= 4 is 26.1 Å². The third-order valence-corrected chi connectivity index (χ3v) is 10.1. The molecule has 0 saturated carbocycles. The molecule has 0 spiro atoms. The molecule has 1 fully saturated rings. The van der Waals surface area contributed by atoms with Crippen LogP contribution in [0.2, 0.25) is 18.1 Å². The van der Waals surface area contributed by atoms with Gasteiger partial charge in [-0.2, -0.15) is 5.26 Å². The second-order valence-electron chi connectivity index (χ2n) is 9.12. The van der Waals surface area contributed by atoms with Crippen LogP contribution in [0, 0.1) is 11.3 Å². The molecule has 1 aliphatic heterocycles. The molecule has 1 aliphatic rings. The van der Waals surface area contributed by atoms with Crippen LogP contribution in [-0.2, 0) is 28.2 Å². The third-order valence-electron chi connectivity index (χ3n) is 5.71. The lowest BCUT2D eigenvalue weighted by molar-refractivity contribution is -0.155. The molecule has 10 nitrogen and oxygen atoms in total.